The monoisotopic (exact) mass is 210 g/mol. The van der Waals surface area contributed by atoms with Crippen LogP contribution in [0.3, 0.4) is 0 Å². The number of hydrogen-bond acceptors (Lipinski definition) is 5. The van der Waals surface area contributed by atoms with E-state index in [1.54, 1.807) is 24.5 Å². The molecule has 14 heavy (non-hydrogen) atoms. The average Bonchev–Trinajstić information content (AvgIpc) is 2.78. The van der Waals surface area contributed by atoms with Crippen LogP contribution in [-0.2, 0) is 0 Å². The number of allylic oxidation sites excluding steroid dienone is 1. The number of nitrogens with two attached hydrogens (primary N) is 1. The molecule has 0 amide bonds. The molecule has 2 heterocycles. The Balaban J connectivity index is 2.29. The molecule has 3 N–H and O–H groups in total. The molecule has 1 aliphatic heterocycles. The molecule has 1 aromatic rings. The number of guanidine groups is 1. The summed E-state index contributed by atoms with van der Waals surface area (Å²) in [7, 11) is 0. The van der Waals surface area contributed by atoms with Gasteiger partial charge in [-0.15, -0.1) is 0 Å². The Morgan fingerprint density at radius 2 is 2.36 bits per heavy atom. The Hall–Kier alpha value is -1.59. The lowest BCUT2D eigenvalue weighted by Crippen LogP contribution is -2.27. The Bertz CT molecular complexity index is 419. The molecule has 0 saturated heterocycles. The summed E-state index contributed by atoms with van der Waals surface area (Å²) < 4.78 is 5.10. The first-order chi connectivity index (χ1) is 6.79. The van der Waals surface area contributed by atoms with Crippen LogP contribution < -0.4 is 11.3 Å². The Labute approximate surface area is 84.9 Å². The van der Waals surface area contributed by atoms with E-state index < -0.39 is 0 Å². The highest BCUT2D eigenvalue weighted by molar-refractivity contribution is 6.71. The highest BCUT2D eigenvalue weighted by Gasteiger charge is 2.13. The van der Waals surface area contributed by atoms with Crippen LogP contribution in [0.1, 0.15) is 5.76 Å². The lowest BCUT2D eigenvalue weighted by Gasteiger charge is -1.89. The van der Waals surface area contributed by atoms with E-state index >= 15 is 0 Å². The molecule has 0 saturated carbocycles. The lowest BCUT2D eigenvalue weighted by molar-refractivity contribution is 0.557. The molecule has 1 aliphatic rings. The van der Waals surface area contributed by atoms with Gasteiger partial charge in [0, 0.05) is 6.08 Å². The first kappa shape index (κ1) is 8.98. The third-order valence-corrected chi connectivity index (χ3v) is 1.87. The molecule has 0 atom stereocenters. The Kier molecular flexibility index (Phi) is 2.34. The smallest absolute Gasteiger partial charge is 0.239 e. The third-order valence-electron chi connectivity index (χ3n) is 1.59. The van der Waals surface area contributed by atoms with Gasteiger partial charge in [-0.2, -0.15) is 4.99 Å². The van der Waals surface area contributed by atoms with Crippen molar-refractivity contribution in [3.8, 4) is 0 Å². The Morgan fingerprint density at radius 3 is 2.93 bits per heavy atom. The van der Waals surface area contributed by atoms with Gasteiger partial charge < -0.3 is 4.42 Å². The van der Waals surface area contributed by atoms with Crippen LogP contribution in [0.4, 0.5) is 0 Å². The number of hydrazine groups is 1. The van der Waals surface area contributed by atoms with Gasteiger partial charge >= 0.3 is 0 Å². The average molecular weight is 211 g/mol. The predicted molar refractivity (Wildman–Crippen MR) is 54.7 cm³/mol. The maximum atomic E-state index is 5.80. The number of hydrogen-bond donors (Lipinski definition) is 2. The second-order valence-electron chi connectivity index (χ2n) is 2.53. The van der Waals surface area contributed by atoms with Crippen molar-refractivity contribution in [3.05, 3.63) is 29.9 Å². The van der Waals surface area contributed by atoms with Crippen molar-refractivity contribution in [3.63, 3.8) is 0 Å². The largest absolute Gasteiger partial charge is 0.465 e. The molecular weight excluding hydrogens is 204 g/mol. The van der Waals surface area contributed by atoms with Crippen LogP contribution in [-0.4, -0.2) is 11.1 Å². The minimum atomic E-state index is 0.285. The molecule has 2 rings (SSSR count). The first-order valence-corrected chi connectivity index (χ1v) is 4.22. The van der Waals surface area contributed by atoms with E-state index in [-0.39, 0.29) is 11.1 Å². The van der Waals surface area contributed by atoms with Crippen molar-refractivity contribution in [1.29, 1.82) is 0 Å². The van der Waals surface area contributed by atoms with Crippen LogP contribution in [0.15, 0.2) is 38.5 Å². The number of aliphatic imine (C=N–C) groups is 2. The van der Waals surface area contributed by atoms with Crippen molar-refractivity contribution in [2.24, 2.45) is 15.8 Å². The quantitative estimate of drug-likeness (QED) is 0.538. The van der Waals surface area contributed by atoms with Gasteiger partial charge in [0.2, 0.25) is 5.96 Å². The number of nitrogens with zero attached hydrogens (tertiary/aromatic N) is 2. The SMILES string of the molecule is NNC1=N/C(=C/c2ccco2)C(Cl)=N1. The van der Waals surface area contributed by atoms with Crippen molar-refractivity contribution < 1.29 is 4.42 Å². The van der Waals surface area contributed by atoms with Crippen molar-refractivity contribution in [2.75, 3.05) is 0 Å². The summed E-state index contributed by atoms with van der Waals surface area (Å²) in [6.07, 6.45) is 3.24. The van der Waals surface area contributed by atoms with Crippen LogP contribution in [0, 0.1) is 0 Å². The van der Waals surface area contributed by atoms with Gasteiger partial charge in [-0.25, -0.2) is 10.8 Å². The van der Waals surface area contributed by atoms with E-state index in [0.29, 0.717) is 11.5 Å². The Morgan fingerprint density at radius 1 is 1.50 bits per heavy atom. The number of rotatable bonds is 1. The van der Waals surface area contributed by atoms with E-state index in [9.17, 15) is 0 Å². The molecule has 5 nitrogen and oxygen atoms in total. The van der Waals surface area contributed by atoms with Crippen LogP contribution >= 0.6 is 11.6 Å². The van der Waals surface area contributed by atoms with Gasteiger partial charge in [0.25, 0.3) is 0 Å². The minimum absolute atomic E-state index is 0.285. The second-order valence-corrected chi connectivity index (χ2v) is 2.89. The van der Waals surface area contributed by atoms with Crippen LogP contribution in [0.2, 0.25) is 0 Å². The first-order valence-electron chi connectivity index (χ1n) is 3.84. The highest BCUT2D eigenvalue weighted by Crippen LogP contribution is 2.16. The predicted octanol–water partition coefficient (Wildman–Crippen LogP) is 1.09. The number of furan rings is 1. The molecule has 0 aromatic carbocycles. The van der Waals surface area contributed by atoms with E-state index in [2.05, 4.69) is 15.4 Å². The summed E-state index contributed by atoms with van der Waals surface area (Å²) in [6.45, 7) is 0. The van der Waals surface area contributed by atoms with Gasteiger partial charge in [0.1, 0.15) is 11.5 Å². The van der Waals surface area contributed by atoms with E-state index in [4.69, 9.17) is 21.9 Å². The fourth-order valence-electron chi connectivity index (χ4n) is 1.000. The maximum Gasteiger partial charge on any atom is 0.239 e. The summed E-state index contributed by atoms with van der Waals surface area (Å²) in [5.41, 5.74) is 2.83. The molecular formula is C8H7ClN4O. The van der Waals surface area contributed by atoms with E-state index in [1.807, 2.05) is 0 Å². The summed E-state index contributed by atoms with van der Waals surface area (Å²) in [4.78, 5) is 7.86. The standard InChI is InChI=1S/C8H7ClN4O/c9-7-6(11-8(12-7)13-10)4-5-2-1-3-14-5/h1-4H,10H2,(H,11,13)/b6-4+. The van der Waals surface area contributed by atoms with Crippen molar-refractivity contribution in [2.45, 2.75) is 0 Å². The third kappa shape index (κ3) is 1.68. The van der Waals surface area contributed by atoms with Gasteiger partial charge in [0.15, 0.2) is 5.17 Å². The fourth-order valence-corrected chi connectivity index (χ4v) is 1.18. The molecule has 1 aromatic heterocycles. The normalized spacial score (nSPS) is 18.3. The molecule has 6 heteroatoms. The van der Waals surface area contributed by atoms with E-state index in [1.165, 1.54) is 0 Å². The second kappa shape index (κ2) is 3.65. The molecule has 72 valence electrons. The fraction of sp³-hybridized carbons (Fsp3) is 0. The van der Waals surface area contributed by atoms with Gasteiger partial charge in [-0.1, -0.05) is 11.6 Å². The van der Waals surface area contributed by atoms with E-state index in [0.717, 1.165) is 0 Å². The molecule has 0 bridgehead atoms. The summed E-state index contributed by atoms with van der Waals surface area (Å²) in [6, 6.07) is 3.57. The zero-order chi connectivity index (χ0) is 9.97. The topological polar surface area (TPSA) is 75.9 Å². The van der Waals surface area contributed by atoms with Gasteiger partial charge in [-0.3, -0.25) is 5.43 Å². The zero-order valence-corrected chi connectivity index (χ0v) is 7.82. The molecule has 0 unspecified atom stereocenters. The minimum Gasteiger partial charge on any atom is -0.465 e. The highest BCUT2D eigenvalue weighted by atomic mass is 35.5. The van der Waals surface area contributed by atoms with Gasteiger partial charge in [-0.05, 0) is 12.1 Å². The molecule has 0 spiro atoms. The lowest BCUT2D eigenvalue weighted by atomic mass is 10.3. The van der Waals surface area contributed by atoms with Crippen LogP contribution in [0.25, 0.3) is 6.08 Å². The molecule has 0 aliphatic carbocycles. The zero-order valence-electron chi connectivity index (χ0n) is 7.07. The molecule has 0 radical (unpaired) electrons. The van der Waals surface area contributed by atoms with Gasteiger partial charge in [0.05, 0.1) is 6.26 Å². The molecule has 0 fully saturated rings. The summed E-state index contributed by atoms with van der Waals surface area (Å²) in [5, 5.41) is 0.286. The van der Waals surface area contributed by atoms with Crippen molar-refractivity contribution in [1.82, 2.24) is 5.43 Å². The maximum absolute atomic E-state index is 5.80. The van der Waals surface area contributed by atoms with Crippen LogP contribution in [0.5, 0.6) is 0 Å². The summed E-state index contributed by atoms with van der Waals surface area (Å²) >= 11 is 5.80. The number of halogens is 1. The summed E-state index contributed by atoms with van der Waals surface area (Å²) in [5.74, 6) is 6.08. The van der Waals surface area contributed by atoms with Crippen molar-refractivity contribution >= 4 is 28.8 Å². The number of nitrogens with one attached hydrogen (secondary N) is 1.